The highest BCUT2D eigenvalue weighted by Crippen LogP contribution is 2.56. The standard InChI is InChI=1S/C31H20N2S/c1-31(2)20-11-5-3-8-16(20)24-19-14-15-22-27-26-18(10-7-12-21(26)32-22)25-17-9-4-6-13-23(17)34-30(25)33(28(19)27)29(24)31/h3-15,32H,1-2H3. The minimum Gasteiger partial charge on any atom is -0.354 e. The Labute approximate surface area is 199 Å². The van der Waals surface area contributed by atoms with Gasteiger partial charge in [0.15, 0.2) is 0 Å². The average molecular weight is 453 g/mol. The summed E-state index contributed by atoms with van der Waals surface area (Å²) in [5.74, 6) is 0. The number of thiophene rings is 1. The average Bonchev–Trinajstić information content (AvgIpc) is 3.54. The van der Waals surface area contributed by atoms with Crippen molar-refractivity contribution in [1.82, 2.24) is 9.38 Å². The van der Waals surface area contributed by atoms with Crippen molar-refractivity contribution in [1.29, 1.82) is 0 Å². The lowest BCUT2D eigenvalue weighted by atomic mass is 9.85. The molecule has 0 atom stereocenters. The number of fused-ring (bicyclic) bond motifs is 10. The first-order chi connectivity index (χ1) is 16.6. The second-order valence-electron chi connectivity index (χ2n) is 10.2. The van der Waals surface area contributed by atoms with Crippen LogP contribution in [0.3, 0.4) is 0 Å². The van der Waals surface area contributed by atoms with Crippen molar-refractivity contribution < 1.29 is 0 Å². The Morgan fingerprint density at radius 2 is 1.50 bits per heavy atom. The molecule has 1 N–H and O–H groups in total. The largest absolute Gasteiger partial charge is 0.354 e. The molecule has 0 saturated heterocycles. The van der Waals surface area contributed by atoms with Crippen molar-refractivity contribution in [2.24, 2.45) is 0 Å². The molecule has 0 aliphatic heterocycles. The molecule has 4 heterocycles. The molecule has 8 aromatic rings. The van der Waals surface area contributed by atoms with E-state index in [1.165, 1.54) is 80.8 Å². The Hall–Kier alpha value is -3.82. The summed E-state index contributed by atoms with van der Waals surface area (Å²) >= 11 is 1.93. The van der Waals surface area contributed by atoms with Crippen LogP contribution in [0.4, 0.5) is 0 Å². The number of H-pyrrole nitrogens is 1. The van der Waals surface area contributed by atoms with E-state index in [0.29, 0.717) is 0 Å². The summed E-state index contributed by atoms with van der Waals surface area (Å²) in [5, 5.41) is 8.14. The van der Waals surface area contributed by atoms with Crippen LogP contribution >= 0.6 is 11.3 Å². The van der Waals surface area contributed by atoms with E-state index in [-0.39, 0.29) is 5.41 Å². The van der Waals surface area contributed by atoms with Gasteiger partial charge in [-0.05, 0) is 34.7 Å². The van der Waals surface area contributed by atoms with Gasteiger partial charge in [0, 0.05) is 59.3 Å². The predicted molar refractivity (Wildman–Crippen MR) is 146 cm³/mol. The van der Waals surface area contributed by atoms with E-state index in [9.17, 15) is 0 Å². The molecule has 0 unspecified atom stereocenters. The Kier molecular flexibility index (Phi) is 2.83. The topological polar surface area (TPSA) is 20.2 Å². The highest BCUT2D eigenvalue weighted by atomic mass is 32.1. The third kappa shape index (κ3) is 1.75. The van der Waals surface area contributed by atoms with E-state index in [0.717, 1.165) is 0 Å². The number of benzene rings is 4. The van der Waals surface area contributed by atoms with Crippen LogP contribution in [0.1, 0.15) is 25.1 Å². The number of rotatable bonds is 0. The lowest BCUT2D eigenvalue weighted by molar-refractivity contribution is 0.634. The number of nitrogens with one attached hydrogen (secondary N) is 1. The fraction of sp³-hybridized carbons (Fsp3) is 0.0968. The maximum Gasteiger partial charge on any atom is 0.109 e. The first kappa shape index (κ1) is 17.6. The van der Waals surface area contributed by atoms with Gasteiger partial charge in [-0.3, -0.25) is 0 Å². The quantitative estimate of drug-likeness (QED) is 0.237. The summed E-state index contributed by atoms with van der Waals surface area (Å²) in [6, 6.07) is 29.3. The predicted octanol–water partition coefficient (Wildman–Crippen LogP) is 8.84. The van der Waals surface area contributed by atoms with Crippen LogP contribution in [0.2, 0.25) is 0 Å². The normalized spacial score (nSPS) is 15.0. The monoisotopic (exact) mass is 452 g/mol. The molecule has 160 valence electrons. The minimum atomic E-state index is -0.0866. The van der Waals surface area contributed by atoms with Gasteiger partial charge in [-0.1, -0.05) is 74.5 Å². The van der Waals surface area contributed by atoms with E-state index in [4.69, 9.17) is 0 Å². The molecule has 0 spiro atoms. The zero-order chi connectivity index (χ0) is 22.3. The molecule has 0 bridgehead atoms. The Bertz CT molecular complexity index is 2150. The van der Waals surface area contributed by atoms with Gasteiger partial charge < -0.3 is 9.38 Å². The molecule has 9 rings (SSSR count). The summed E-state index contributed by atoms with van der Waals surface area (Å²) in [6.07, 6.45) is 0. The van der Waals surface area contributed by atoms with Gasteiger partial charge in [0.2, 0.25) is 0 Å². The molecule has 0 radical (unpaired) electrons. The first-order valence-corrected chi connectivity index (χ1v) is 12.7. The van der Waals surface area contributed by atoms with Crippen molar-refractivity contribution in [3.05, 3.63) is 90.1 Å². The van der Waals surface area contributed by atoms with Crippen molar-refractivity contribution in [2.45, 2.75) is 19.3 Å². The second kappa shape index (κ2) is 5.45. The van der Waals surface area contributed by atoms with Gasteiger partial charge in [0.25, 0.3) is 0 Å². The molecule has 1 aliphatic rings. The smallest absolute Gasteiger partial charge is 0.109 e. The Balaban J connectivity index is 1.74. The van der Waals surface area contributed by atoms with Gasteiger partial charge in [0.05, 0.1) is 5.52 Å². The number of hydrogen-bond donors (Lipinski definition) is 1. The summed E-state index contributed by atoms with van der Waals surface area (Å²) < 4.78 is 3.99. The highest BCUT2D eigenvalue weighted by molar-refractivity contribution is 7.25. The van der Waals surface area contributed by atoms with E-state index in [1.54, 1.807) is 0 Å². The summed E-state index contributed by atoms with van der Waals surface area (Å²) in [7, 11) is 0. The molecule has 1 aliphatic carbocycles. The van der Waals surface area contributed by atoms with Gasteiger partial charge in [0.1, 0.15) is 4.83 Å². The van der Waals surface area contributed by atoms with Gasteiger partial charge >= 0.3 is 0 Å². The molecule has 0 saturated carbocycles. The third-order valence-electron chi connectivity index (χ3n) is 8.23. The highest BCUT2D eigenvalue weighted by Gasteiger charge is 2.41. The van der Waals surface area contributed by atoms with Crippen LogP contribution in [0.5, 0.6) is 0 Å². The van der Waals surface area contributed by atoms with Crippen LogP contribution in [0.25, 0.3) is 69.5 Å². The zero-order valence-electron chi connectivity index (χ0n) is 18.9. The van der Waals surface area contributed by atoms with E-state index in [2.05, 4.69) is 102 Å². The van der Waals surface area contributed by atoms with E-state index < -0.39 is 0 Å². The van der Waals surface area contributed by atoms with Crippen LogP contribution in [0.15, 0.2) is 78.9 Å². The maximum absolute atomic E-state index is 3.74. The van der Waals surface area contributed by atoms with Crippen LogP contribution in [-0.4, -0.2) is 9.38 Å². The van der Waals surface area contributed by atoms with Crippen LogP contribution < -0.4 is 0 Å². The summed E-state index contributed by atoms with van der Waals surface area (Å²) in [4.78, 5) is 5.09. The van der Waals surface area contributed by atoms with Crippen molar-refractivity contribution in [3.8, 4) is 11.1 Å². The molecule has 0 fully saturated rings. The molecule has 34 heavy (non-hydrogen) atoms. The minimum absolute atomic E-state index is 0.0866. The fourth-order valence-electron chi connectivity index (χ4n) is 6.90. The lowest BCUT2D eigenvalue weighted by Gasteiger charge is -2.22. The number of nitrogens with zero attached hydrogens (tertiary/aromatic N) is 1. The maximum atomic E-state index is 3.74. The van der Waals surface area contributed by atoms with Crippen LogP contribution in [0, 0.1) is 0 Å². The molecule has 3 heteroatoms. The fourth-order valence-corrected chi connectivity index (χ4v) is 8.14. The third-order valence-corrected chi connectivity index (χ3v) is 9.38. The molecular formula is C31H20N2S. The second-order valence-corrected chi connectivity index (χ2v) is 11.3. The Morgan fingerprint density at radius 1 is 0.706 bits per heavy atom. The van der Waals surface area contributed by atoms with Crippen molar-refractivity contribution in [3.63, 3.8) is 0 Å². The lowest BCUT2D eigenvalue weighted by Crippen LogP contribution is -2.17. The summed E-state index contributed by atoms with van der Waals surface area (Å²) in [5.41, 5.74) is 9.35. The first-order valence-electron chi connectivity index (χ1n) is 11.9. The SMILES string of the molecule is CC1(C)c2ccccc2-c2c1n1c3sc4ccccc4c3c3cccc4[nH]c5ccc2c1c5c43. The molecule has 4 aromatic heterocycles. The van der Waals surface area contributed by atoms with Crippen LogP contribution in [-0.2, 0) is 5.41 Å². The number of aromatic amines is 1. The molecule has 4 aromatic carbocycles. The van der Waals surface area contributed by atoms with Crippen molar-refractivity contribution in [2.75, 3.05) is 0 Å². The molecular weight excluding hydrogens is 432 g/mol. The summed E-state index contributed by atoms with van der Waals surface area (Å²) in [6.45, 7) is 4.80. The molecule has 0 amide bonds. The van der Waals surface area contributed by atoms with Gasteiger partial charge in [-0.2, -0.15) is 0 Å². The number of hydrogen-bond acceptors (Lipinski definition) is 1. The Morgan fingerprint density at radius 3 is 2.44 bits per heavy atom. The number of aromatic nitrogens is 2. The molecule has 2 nitrogen and oxygen atoms in total. The van der Waals surface area contributed by atoms with Gasteiger partial charge in [-0.25, -0.2) is 0 Å². The zero-order valence-corrected chi connectivity index (χ0v) is 19.7. The van der Waals surface area contributed by atoms with E-state index >= 15 is 0 Å². The van der Waals surface area contributed by atoms with E-state index in [1.807, 2.05) is 11.3 Å². The van der Waals surface area contributed by atoms with Gasteiger partial charge in [-0.15, -0.1) is 11.3 Å². The van der Waals surface area contributed by atoms with Crippen molar-refractivity contribution >= 4 is 69.7 Å².